The lowest BCUT2D eigenvalue weighted by Gasteiger charge is -2.23. The van der Waals surface area contributed by atoms with Gasteiger partial charge in [-0.3, -0.25) is 4.79 Å². The molecule has 3 nitrogen and oxygen atoms in total. The number of rotatable bonds is 4. The lowest BCUT2D eigenvalue weighted by atomic mass is 9.89. The maximum absolute atomic E-state index is 11.6. The van der Waals surface area contributed by atoms with Gasteiger partial charge in [-0.15, -0.1) is 11.3 Å². The highest BCUT2D eigenvalue weighted by molar-refractivity contribution is 9.10. The molecule has 0 saturated carbocycles. The van der Waals surface area contributed by atoms with Gasteiger partial charge in [0.1, 0.15) is 6.10 Å². The predicted octanol–water partition coefficient (Wildman–Crippen LogP) is 2.99. The van der Waals surface area contributed by atoms with Crippen molar-refractivity contribution in [3.05, 3.63) is 20.8 Å². The average Bonchev–Trinajstić information content (AvgIpc) is 2.63. The van der Waals surface area contributed by atoms with Gasteiger partial charge in [-0.25, -0.2) is 0 Å². The Bertz CT molecular complexity index is 362. The highest BCUT2D eigenvalue weighted by atomic mass is 79.9. The minimum atomic E-state index is -0.818. The van der Waals surface area contributed by atoms with Crippen LogP contribution in [-0.2, 0) is 9.53 Å². The standard InChI is InChI=1S/C11H15BrO3S/c1-6(2)8(11(14)15-3)9(13)10-7(12)4-5-16-10/h4-6,8-9,13H,1-3H3. The van der Waals surface area contributed by atoms with Crippen molar-refractivity contribution in [2.24, 2.45) is 11.8 Å². The smallest absolute Gasteiger partial charge is 0.311 e. The largest absolute Gasteiger partial charge is 0.469 e. The third-order valence-corrected chi connectivity index (χ3v) is 4.39. The molecule has 0 aromatic carbocycles. The zero-order chi connectivity index (χ0) is 12.3. The fraction of sp³-hybridized carbons (Fsp3) is 0.545. The van der Waals surface area contributed by atoms with Crippen LogP contribution in [0, 0.1) is 11.8 Å². The van der Waals surface area contributed by atoms with Crippen LogP contribution in [0.2, 0.25) is 0 Å². The molecule has 0 aliphatic heterocycles. The quantitative estimate of drug-likeness (QED) is 0.870. The average molecular weight is 307 g/mol. The lowest BCUT2D eigenvalue weighted by molar-refractivity contribution is -0.151. The van der Waals surface area contributed by atoms with Gasteiger partial charge in [0.25, 0.3) is 0 Å². The number of aliphatic hydroxyl groups is 1. The number of carbonyl (C=O) groups is 1. The molecule has 1 N–H and O–H groups in total. The summed E-state index contributed by atoms with van der Waals surface area (Å²) in [6.45, 7) is 3.79. The van der Waals surface area contributed by atoms with Crippen LogP contribution in [0.25, 0.3) is 0 Å². The number of thiophene rings is 1. The minimum absolute atomic E-state index is 0.0245. The van der Waals surface area contributed by atoms with Crippen LogP contribution in [0.1, 0.15) is 24.8 Å². The second-order valence-electron chi connectivity index (χ2n) is 3.87. The summed E-state index contributed by atoms with van der Waals surface area (Å²) in [6, 6.07) is 1.86. The molecule has 1 heterocycles. The molecule has 0 aliphatic carbocycles. The van der Waals surface area contributed by atoms with Crippen molar-refractivity contribution >= 4 is 33.2 Å². The molecule has 0 bridgehead atoms. The maximum atomic E-state index is 11.6. The van der Waals surface area contributed by atoms with Gasteiger partial charge in [0.15, 0.2) is 0 Å². The Hall–Kier alpha value is -0.390. The lowest BCUT2D eigenvalue weighted by Crippen LogP contribution is -2.28. The Balaban J connectivity index is 2.96. The number of aliphatic hydroxyl groups excluding tert-OH is 1. The summed E-state index contributed by atoms with van der Waals surface area (Å²) < 4.78 is 5.56. The van der Waals surface area contributed by atoms with Crippen molar-refractivity contribution in [2.75, 3.05) is 7.11 Å². The van der Waals surface area contributed by atoms with Gasteiger partial charge in [-0.2, -0.15) is 0 Å². The Morgan fingerprint density at radius 1 is 1.56 bits per heavy atom. The number of methoxy groups -OCH3 is 1. The summed E-state index contributed by atoms with van der Waals surface area (Å²) >= 11 is 4.78. The third kappa shape index (κ3) is 2.84. The molecular weight excluding hydrogens is 292 g/mol. The van der Waals surface area contributed by atoms with E-state index in [1.165, 1.54) is 18.4 Å². The monoisotopic (exact) mass is 306 g/mol. The van der Waals surface area contributed by atoms with Crippen LogP contribution in [0.15, 0.2) is 15.9 Å². The Labute approximate surface area is 108 Å². The van der Waals surface area contributed by atoms with Gasteiger partial charge in [-0.1, -0.05) is 13.8 Å². The molecule has 2 atom stereocenters. The summed E-state index contributed by atoms with van der Waals surface area (Å²) in [5, 5.41) is 12.1. The van der Waals surface area contributed by atoms with E-state index in [-0.39, 0.29) is 11.9 Å². The summed E-state index contributed by atoms with van der Waals surface area (Å²) in [6.07, 6.45) is -0.818. The molecule has 1 aromatic heterocycles. The predicted molar refractivity (Wildman–Crippen MR) is 67.3 cm³/mol. The Morgan fingerprint density at radius 3 is 2.56 bits per heavy atom. The topological polar surface area (TPSA) is 46.5 Å². The first-order chi connectivity index (χ1) is 7.49. The number of hydrogen-bond donors (Lipinski definition) is 1. The molecule has 0 aliphatic rings. The van der Waals surface area contributed by atoms with Gasteiger partial charge < -0.3 is 9.84 Å². The van der Waals surface area contributed by atoms with E-state index in [1.807, 2.05) is 25.3 Å². The highest BCUT2D eigenvalue weighted by Crippen LogP contribution is 2.36. The van der Waals surface area contributed by atoms with Crippen LogP contribution in [0.4, 0.5) is 0 Å². The van der Waals surface area contributed by atoms with E-state index < -0.39 is 12.0 Å². The molecule has 5 heteroatoms. The van der Waals surface area contributed by atoms with Crippen LogP contribution < -0.4 is 0 Å². The first-order valence-electron chi connectivity index (χ1n) is 4.97. The zero-order valence-electron chi connectivity index (χ0n) is 9.44. The van der Waals surface area contributed by atoms with E-state index in [0.29, 0.717) is 0 Å². The zero-order valence-corrected chi connectivity index (χ0v) is 11.8. The second-order valence-corrected chi connectivity index (χ2v) is 5.67. The van der Waals surface area contributed by atoms with Gasteiger partial charge in [0, 0.05) is 9.35 Å². The third-order valence-electron chi connectivity index (χ3n) is 2.45. The Kier molecular flexibility index (Phi) is 4.95. The summed E-state index contributed by atoms with van der Waals surface area (Å²) in [4.78, 5) is 12.4. The molecule has 0 radical (unpaired) electrons. The molecule has 0 saturated heterocycles. The van der Waals surface area contributed by atoms with Gasteiger partial charge in [-0.05, 0) is 33.3 Å². The van der Waals surface area contributed by atoms with Gasteiger partial charge in [0.05, 0.1) is 13.0 Å². The molecule has 0 amide bonds. The van der Waals surface area contributed by atoms with Crippen LogP contribution >= 0.6 is 27.3 Å². The highest BCUT2D eigenvalue weighted by Gasteiger charge is 2.33. The van der Waals surface area contributed by atoms with Crippen molar-refractivity contribution < 1.29 is 14.6 Å². The van der Waals surface area contributed by atoms with E-state index in [9.17, 15) is 9.90 Å². The number of ether oxygens (including phenoxy) is 1. The van der Waals surface area contributed by atoms with Gasteiger partial charge in [0.2, 0.25) is 0 Å². The number of carbonyl (C=O) groups excluding carboxylic acids is 1. The molecule has 90 valence electrons. The van der Waals surface area contributed by atoms with Crippen LogP contribution in [-0.4, -0.2) is 18.2 Å². The van der Waals surface area contributed by atoms with Crippen molar-refractivity contribution in [2.45, 2.75) is 20.0 Å². The number of halogens is 1. The SMILES string of the molecule is COC(=O)C(C(C)C)C(O)c1sccc1Br. The molecule has 0 fully saturated rings. The maximum Gasteiger partial charge on any atom is 0.311 e. The van der Waals surface area contributed by atoms with E-state index in [2.05, 4.69) is 15.9 Å². The minimum Gasteiger partial charge on any atom is -0.469 e. The van der Waals surface area contributed by atoms with Crippen LogP contribution in [0.3, 0.4) is 0 Å². The summed E-state index contributed by atoms with van der Waals surface area (Å²) in [5.41, 5.74) is 0. The van der Waals surface area contributed by atoms with Crippen molar-refractivity contribution in [1.82, 2.24) is 0 Å². The fourth-order valence-electron chi connectivity index (χ4n) is 1.58. The molecule has 0 spiro atoms. The normalized spacial score (nSPS) is 14.9. The van der Waals surface area contributed by atoms with Crippen molar-refractivity contribution in [3.63, 3.8) is 0 Å². The van der Waals surface area contributed by atoms with Crippen molar-refractivity contribution in [3.8, 4) is 0 Å². The summed E-state index contributed by atoms with van der Waals surface area (Å²) in [7, 11) is 1.34. The molecule has 2 unspecified atom stereocenters. The first kappa shape index (κ1) is 13.7. The number of esters is 1. The van der Waals surface area contributed by atoms with E-state index >= 15 is 0 Å². The van der Waals surface area contributed by atoms with E-state index in [1.54, 1.807) is 0 Å². The van der Waals surface area contributed by atoms with Crippen molar-refractivity contribution in [1.29, 1.82) is 0 Å². The fourth-order valence-corrected chi connectivity index (χ4v) is 3.22. The Morgan fingerprint density at radius 2 is 2.19 bits per heavy atom. The van der Waals surface area contributed by atoms with Crippen LogP contribution in [0.5, 0.6) is 0 Å². The molecule has 1 aromatic rings. The van der Waals surface area contributed by atoms with E-state index in [0.717, 1.165) is 9.35 Å². The molecule has 16 heavy (non-hydrogen) atoms. The molecule has 1 rings (SSSR count). The number of hydrogen-bond acceptors (Lipinski definition) is 4. The first-order valence-corrected chi connectivity index (χ1v) is 6.65. The second kappa shape index (κ2) is 5.80. The molecular formula is C11H15BrO3S. The van der Waals surface area contributed by atoms with E-state index in [4.69, 9.17) is 4.74 Å². The van der Waals surface area contributed by atoms with Gasteiger partial charge >= 0.3 is 5.97 Å². The summed E-state index contributed by atoms with van der Waals surface area (Å²) in [5.74, 6) is -0.876.